The van der Waals surface area contributed by atoms with E-state index in [9.17, 15) is 0 Å². The highest BCUT2D eigenvalue weighted by atomic mass is 16.3. The molecule has 0 fully saturated rings. The Morgan fingerprint density at radius 1 is 0.321 bits per heavy atom. The summed E-state index contributed by atoms with van der Waals surface area (Å²) in [5.74, 6) is 0. The lowest BCUT2D eigenvalue weighted by Gasteiger charge is -2.09. The van der Waals surface area contributed by atoms with Gasteiger partial charge in [-0.3, -0.25) is 0 Å². The van der Waals surface area contributed by atoms with Crippen LogP contribution in [0.25, 0.3) is 121 Å². The van der Waals surface area contributed by atoms with Gasteiger partial charge in [0.05, 0.1) is 22.1 Å². The molecule has 0 aliphatic rings. The van der Waals surface area contributed by atoms with Gasteiger partial charge in [-0.05, 0) is 89.1 Å². The summed E-state index contributed by atoms with van der Waals surface area (Å²) in [6, 6.07) is 65.2. The van der Waals surface area contributed by atoms with Gasteiger partial charge < -0.3 is 18.0 Å². The van der Waals surface area contributed by atoms with Gasteiger partial charge >= 0.3 is 0 Å². The van der Waals surface area contributed by atoms with Crippen molar-refractivity contribution >= 4 is 98.3 Å². The van der Waals surface area contributed by atoms with Gasteiger partial charge in [0, 0.05) is 60.0 Å². The maximum Gasteiger partial charge on any atom is 0.144 e. The molecule has 260 valence electrons. The summed E-state index contributed by atoms with van der Waals surface area (Å²) in [7, 11) is 0. The second-order valence-corrected chi connectivity index (χ2v) is 14.9. The van der Waals surface area contributed by atoms with Gasteiger partial charge in [-0.25, -0.2) is 0 Å². The number of rotatable bonds is 3. The average molecular weight is 715 g/mol. The van der Waals surface area contributed by atoms with Crippen molar-refractivity contribution in [2.45, 2.75) is 0 Å². The first-order chi connectivity index (χ1) is 27.8. The summed E-state index contributed by atoms with van der Waals surface area (Å²) in [6.07, 6.45) is 0. The van der Waals surface area contributed by atoms with Crippen molar-refractivity contribution in [3.8, 4) is 22.5 Å². The minimum Gasteiger partial charge on any atom is -0.456 e. The SMILES string of the molecule is c1ccc2cc(-c3cc4oc5ccc(-n6c7ccccc7c7ccccc76)cc5c4c4c3oc3ccc(-n5c6ccccc6c6ccccc65)cc34)ccc2c1. The third-order valence-electron chi connectivity index (χ3n) is 11.9. The molecule has 0 unspecified atom stereocenters. The molecule has 0 aliphatic carbocycles. The molecule has 0 atom stereocenters. The van der Waals surface area contributed by atoms with Crippen molar-refractivity contribution in [2.75, 3.05) is 0 Å². The minimum atomic E-state index is 0.833. The molecule has 9 aromatic carbocycles. The number of furan rings is 2. The summed E-state index contributed by atoms with van der Waals surface area (Å²) >= 11 is 0. The first-order valence-corrected chi connectivity index (χ1v) is 19.1. The maximum absolute atomic E-state index is 6.99. The molecule has 4 heteroatoms. The summed E-state index contributed by atoms with van der Waals surface area (Å²) in [4.78, 5) is 0. The van der Waals surface area contributed by atoms with Crippen LogP contribution >= 0.6 is 0 Å². The fourth-order valence-electron chi connectivity index (χ4n) is 9.44. The predicted molar refractivity (Wildman–Crippen MR) is 233 cm³/mol. The van der Waals surface area contributed by atoms with Crippen LogP contribution in [0.2, 0.25) is 0 Å². The second-order valence-electron chi connectivity index (χ2n) is 14.9. The summed E-state index contributed by atoms with van der Waals surface area (Å²) < 4.78 is 18.6. The van der Waals surface area contributed by atoms with E-state index in [2.05, 4.69) is 191 Å². The lowest BCUT2D eigenvalue weighted by molar-refractivity contribution is 0.663. The molecule has 13 aromatic rings. The molecule has 0 bridgehead atoms. The van der Waals surface area contributed by atoms with Gasteiger partial charge in [-0.15, -0.1) is 0 Å². The topological polar surface area (TPSA) is 36.1 Å². The van der Waals surface area contributed by atoms with Crippen molar-refractivity contribution in [3.05, 3.63) is 182 Å². The smallest absolute Gasteiger partial charge is 0.144 e. The van der Waals surface area contributed by atoms with Crippen molar-refractivity contribution in [1.29, 1.82) is 0 Å². The van der Waals surface area contributed by atoms with Gasteiger partial charge in [-0.2, -0.15) is 0 Å². The van der Waals surface area contributed by atoms with E-state index in [1.807, 2.05) is 0 Å². The highest BCUT2D eigenvalue weighted by Crippen LogP contribution is 2.46. The fourth-order valence-corrected chi connectivity index (χ4v) is 9.44. The first-order valence-electron chi connectivity index (χ1n) is 19.1. The number of hydrogen-bond acceptors (Lipinski definition) is 2. The molecule has 0 saturated heterocycles. The molecule has 4 aromatic heterocycles. The van der Waals surface area contributed by atoms with Crippen LogP contribution in [0.5, 0.6) is 0 Å². The van der Waals surface area contributed by atoms with Crippen LogP contribution in [0.3, 0.4) is 0 Å². The Hall–Kier alpha value is -7.56. The number of hydrogen-bond donors (Lipinski definition) is 0. The lowest BCUT2D eigenvalue weighted by Crippen LogP contribution is -1.93. The van der Waals surface area contributed by atoms with Gasteiger partial charge in [-0.1, -0.05) is 109 Å². The zero-order valence-electron chi connectivity index (χ0n) is 30.0. The second kappa shape index (κ2) is 11.0. The van der Waals surface area contributed by atoms with E-state index in [0.29, 0.717) is 0 Å². The molecule has 13 rings (SSSR count). The highest BCUT2D eigenvalue weighted by molar-refractivity contribution is 6.29. The van der Waals surface area contributed by atoms with E-state index in [1.165, 1.54) is 54.4 Å². The fraction of sp³-hybridized carbons (Fsp3) is 0. The van der Waals surface area contributed by atoms with Gasteiger partial charge in [0.2, 0.25) is 0 Å². The number of aromatic nitrogens is 2. The Balaban J connectivity index is 1.15. The van der Waals surface area contributed by atoms with E-state index < -0.39 is 0 Å². The average Bonchev–Trinajstić information content (AvgIpc) is 4.00. The van der Waals surface area contributed by atoms with Gasteiger partial charge in [0.1, 0.15) is 22.3 Å². The van der Waals surface area contributed by atoms with Crippen LogP contribution in [-0.2, 0) is 0 Å². The van der Waals surface area contributed by atoms with Gasteiger partial charge in [0.15, 0.2) is 0 Å². The maximum atomic E-state index is 6.99. The molecule has 4 nitrogen and oxygen atoms in total. The molecular formula is C52H30N2O2. The van der Waals surface area contributed by atoms with Crippen LogP contribution < -0.4 is 0 Å². The zero-order chi connectivity index (χ0) is 36.5. The quantitative estimate of drug-likeness (QED) is 0.183. The zero-order valence-corrected chi connectivity index (χ0v) is 30.0. The molecule has 0 spiro atoms. The first kappa shape index (κ1) is 29.8. The molecule has 0 aliphatic heterocycles. The largest absolute Gasteiger partial charge is 0.456 e. The molecular weight excluding hydrogens is 685 g/mol. The molecule has 0 amide bonds. The van der Waals surface area contributed by atoms with Crippen molar-refractivity contribution < 1.29 is 8.83 Å². The molecule has 0 saturated carbocycles. The van der Waals surface area contributed by atoms with Crippen LogP contribution in [0.15, 0.2) is 191 Å². The molecule has 0 radical (unpaired) electrons. The van der Waals surface area contributed by atoms with Crippen molar-refractivity contribution in [2.24, 2.45) is 0 Å². The summed E-state index contributed by atoms with van der Waals surface area (Å²) in [5.41, 5.74) is 12.3. The van der Waals surface area contributed by atoms with Crippen molar-refractivity contribution in [1.82, 2.24) is 9.13 Å². The van der Waals surface area contributed by atoms with E-state index >= 15 is 0 Å². The minimum absolute atomic E-state index is 0.833. The van der Waals surface area contributed by atoms with E-state index in [4.69, 9.17) is 8.83 Å². The van der Waals surface area contributed by atoms with Crippen LogP contribution in [0.4, 0.5) is 0 Å². The summed E-state index contributed by atoms with van der Waals surface area (Å²) in [5, 5.41) is 11.6. The van der Waals surface area contributed by atoms with E-state index in [1.54, 1.807) is 0 Å². The lowest BCUT2D eigenvalue weighted by atomic mass is 9.96. The van der Waals surface area contributed by atoms with Crippen LogP contribution in [-0.4, -0.2) is 9.13 Å². The van der Waals surface area contributed by atoms with E-state index in [-0.39, 0.29) is 0 Å². The Morgan fingerprint density at radius 3 is 1.38 bits per heavy atom. The standard InChI is InChI=1S/C52H30N2O2/c1-2-12-32-27-33(22-21-31(32)11-1)40-30-49-50(41-28-34(23-25-47(41)55-49)53-43-17-7-3-13-36(43)37-14-4-8-18-44(37)53)51-42-29-35(24-26-48(42)56-52(40)51)54-45-19-9-5-15-38(45)39-16-6-10-20-46(39)54/h1-30H. The van der Waals surface area contributed by atoms with Crippen molar-refractivity contribution in [3.63, 3.8) is 0 Å². The number of benzene rings is 9. The number of fused-ring (bicyclic) bond motifs is 14. The van der Waals surface area contributed by atoms with Crippen LogP contribution in [0, 0.1) is 0 Å². The number of para-hydroxylation sites is 4. The van der Waals surface area contributed by atoms with E-state index in [0.717, 1.165) is 66.4 Å². The highest BCUT2D eigenvalue weighted by Gasteiger charge is 2.23. The third kappa shape index (κ3) is 4.02. The Bertz CT molecular complexity index is 3670. The predicted octanol–water partition coefficient (Wildman–Crippen LogP) is 14.5. The number of nitrogens with zero attached hydrogens (tertiary/aromatic N) is 2. The van der Waals surface area contributed by atoms with Gasteiger partial charge in [0.25, 0.3) is 0 Å². The van der Waals surface area contributed by atoms with Crippen LogP contribution in [0.1, 0.15) is 0 Å². The summed E-state index contributed by atoms with van der Waals surface area (Å²) in [6.45, 7) is 0. The monoisotopic (exact) mass is 714 g/mol. The normalized spacial score (nSPS) is 12.3. The molecule has 0 N–H and O–H groups in total. The Morgan fingerprint density at radius 2 is 0.804 bits per heavy atom. The third-order valence-corrected chi connectivity index (χ3v) is 11.9. The Kier molecular flexibility index (Phi) is 5.86. The molecule has 56 heavy (non-hydrogen) atoms. The molecule has 4 heterocycles. The Labute approximate surface area is 319 Å².